The molecule has 24 heavy (non-hydrogen) atoms. The van der Waals surface area contributed by atoms with E-state index in [1.165, 1.54) is 5.56 Å². The zero-order valence-electron chi connectivity index (χ0n) is 14.4. The lowest BCUT2D eigenvalue weighted by atomic mass is 10.1. The van der Waals surface area contributed by atoms with Crippen molar-refractivity contribution in [1.29, 1.82) is 0 Å². The Kier molecular flexibility index (Phi) is 4.96. The van der Waals surface area contributed by atoms with Crippen LogP contribution in [0.15, 0.2) is 60.8 Å². The van der Waals surface area contributed by atoms with Gasteiger partial charge in [0.2, 0.25) is 5.88 Å². The molecule has 0 N–H and O–H groups in total. The van der Waals surface area contributed by atoms with Crippen LogP contribution in [0.3, 0.4) is 0 Å². The van der Waals surface area contributed by atoms with E-state index in [-0.39, 0.29) is 0 Å². The third-order valence-corrected chi connectivity index (χ3v) is 3.84. The van der Waals surface area contributed by atoms with E-state index in [4.69, 9.17) is 4.74 Å². The van der Waals surface area contributed by atoms with E-state index in [0.29, 0.717) is 12.5 Å². The van der Waals surface area contributed by atoms with Crippen molar-refractivity contribution in [3.8, 4) is 22.7 Å². The number of aryl methyl sites for hydroxylation is 1. The first-order chi connectivity index (χ1) is 11.6. The fraction of sp³-hybridized carbons (Fsp3) is 0.250. The van der Waals surface area contributed by atoms with Crippen molar-refractivity contribution < 1.29 is 4.74 Å². The van der Waals surface area contributed by atoms with Crippen molar-refractivity contribution >= 4 is 0 Å². The third-order valence-electron chi connectivity index (χ3n) is 3.84. The molecule has 0 aliphatic heterocycles. The molecule has 0 aliphatic rings. The van der Waals surface area contributed by atoms with Gasteiger partial charge in [0.1, 0.15) is 6.61 Å². The van der Waals surface area contributed by atoms with E-state index in [1.54, 1.807) is 0 Å². The first kappa shape index (κ1) is 16.3. The summed E-state index contributed by atoms with van der Waals surface area (Å²) < 4.78 is 7.84. The summed E-state index contributed by atoms with van der Waals surface area (Å²) in [6, 6.07) is 18.5. The topological polar surface area (TPSA) is 30.3 Å². The van der Waals surface area contributed by atoms with E-state index < -0.39 is 0 Å². The van der Waals surface area contributed by atoms with Gasteiger partial charge in [0.05, 0.1) is 11.3 Å². The van der Waals surface area contributed by atoms with Crippen LogP contribution in [0, 0.1) is 6.92 Å². The Labute approximate surface area is 143 Å². The maximum absolute atomic E-state index is 5.95. The van der Waals surface area contributed by atoms with Gasteiger partial charge in [-0.25, -0.2) is 4.68 Å². The summed E-state index contributed by atoms with van der Waals surface area (Å²) >= 11 is 0. The van der Waals surface area contributed by atoms with Crippen LogP contribution in [-0.2, 0) is 0 Å². The maximum Gasteiger partial charge on any atom is 0.241 e. The number of likely N-dealkylation sites (N-methyl/N-ethyl adjacent to an activating group) is 1. The van der Waals surface area contributed by atoms with Crippen molar-refractivity contribution in [2.45, 2.75) is 6.92 Å². The molecule has 0 amide bonds. The number of hydrogen-bond donors (Lipinski definition) is 0. The molecule has 0 fully saturated rings. The van der Waals surface area contributed by atoms with Crippen LogP contribution in [0.5, 0.6) is 5.88 Å². The lowest BCUT2D eigenvalue weighted by molar-refractivity contribution is 0.253. The second kappa shape index (κ2) is 7.32. The van der Waals surface area contributed by atoms with E-state index in [2.05, 4.69) is 53.3 Å². The average Bonchev–Trinajstić information content (AvgIpc) is 3.00. The minimum atomic E-state index is 0.609. The summed E-state index contributed by atoms with van der Waals surface area (Å²) in [6.45, 7) is 3.54. The van der Waals surface area contributed by atoms with Gasteiger partial charge in [0.25, 0.3) is 0 Å². The number of benzene rings is 2. The van der Waals surface area contributed by atoms with E-state index in [9.17, 15) is 0 Å². The second-order valence-corrected chi connectivity index (χ2v) is 6.15. The molecular formula is C20H23N3O. The number of hydrogen-bond acceptors (Lipinski definition) is 3. The molecule has 1 aromatic heterocycles. The second-order valence-electron chi connectivity index (χ2n) is 6.15. The molecule has 3 rings (SSSR count). The van der Waals surface area contributed by atoms with Crippen LogP contribution in [0.2, 0.25) is 0 Å². The Morgan fingerprint density at radius 1 is 1.00 bits per heavy atom. The summed E-state index contributed by atoms with van der Waals surface area (Å²) in [5.74, 6) is 0.670. The van der Waals surface area contributed by atoms with Gasteiger partial charge in [-0.1, -0.05) is 48.0 Å². The van der Waals surface area contributed by atoms with Gasteiger partial charge < -0.3 is 9.64 Å². The first-order valence-corrected chi connectivity index (χ1v) is 8.13. The molecule has 0 spiro atoms. The largest absolute Gasteiger partial charge is 0.475 e. The monoisotopic (exact) mass is 321 g/mol. The van der Waals surface area contributed by atoms with Gasteiger partial charge in [-0.05, 0) is 38.7 Å². The Morgan fingerprint density at radius 3 is 2.38 bits per heavy atom. The van der Waals surface area contributed by atoms with Crippen LogP contribution in [0.25, 0.3) is 16.8 Å². The molecular weight excluding hydrogens is 298 g/mol. The van der Waals surface area contributed by atoms with Crippen molar-refractivity contribution in [3.63, 3.8) is 0 Å². The molecule has 4 nitrogen and oxygen atoms in total. The quantitative estimate of drug-likeness (QED) is 0.692. The summed E-state index contributed by atoms with van der Waals surface area (Å²) in [6.07, 6.45) is 2.03. The van der Waals surface area contributed by atoms with Gasteiger partial charge in [-0.3, -0.25) is 0 Å². The maximum atomic E-state index is 5.95. The predicted molar refractivity (Wildman–Crippen MR) is 97.8 cm³/mol. The fourth-order valence-corrected chi connectivity index (χ4v) is 2.44. The molecule has 0 saturated heterocycles. The Bertz CT molecular complexity index is 776. The highest BCUT2D eigenvalue weighted by molar-refractivity contribution is 5.68. The highest BCUT2D eigenvalue weighted by Gasteiger charge is 2.13. The molecule has 0 radical (unpaired) electrons. The molecule has 3 aromatic rings. The van der Waals surface area contributed by atoms with Crippen LogP contribution in [0.4, 0.5) is 0 Å². The van der Waals surface area contributed by atoms with Crippen LogP contribution in [0.1, 0.15) is 5.56 Å². The van der Waals surface area contributed by atoms with Gasteiger partial charge in [-0.15, -0.1) is 5.10 Å². The Hall–Kier alpha value is -2.59. The zero-order valence-corrected chi connectivity index (χ0v) is 14.4. The molecule has 0 aliphatic carbocycles. The minimum absolute atomic E-state index is 0.609. The molecule has 124 valence electrons. The van der Waals surface area contributed by atoms with Gasteiger partial charge in [0, 0.05) is 12.7 Å². The van der Waals surface area contributed by atoms with Crippen molar-refractivity contribution in [2.24, 2.45) is 0 Å². The van der Waals surface area contributed by atoms with Crippen molar-refractivity contribution in [1.82, 2.24) is 14.7 Å². The zero-order chi connectivity index (χ0) is 16.9. The summed E-state index contributed by atoms with van der Waals surface area (Å²) in [4.78, 5) is 2.10. The Morgan fingerprint density at radius 2 is 1.71 bits per heavy atom. The summed E-state index contributed by atoms with van der Waals surface area (Å²) in [5.41, 5.74) is 4.38. The van der Waals surface area contributed by atoms with E-state index in [0.717, 1.165) is 23.4 Å². The van der Waals surface area contributed by atoms with E-state index >= 15 is 0 Å². The molecule has 0 atom stereocenters. The molecule has 2 aromatic carbocycles. The molecule has 0 unspecified atom stereocenters. The lowest BCUT2D eigenvalue weighted by Crippen LogP contribution is -2.19. The fourth-order valence-electron chi connectivity index (χ4n) is 2.44. The SMILES string of the molecule is Cc1ccc(-n2cc(-c3ccccc3)c(OCCN(C)C)n2)cc1. The first-order valence-electron chi connectivity index (χ1n) is 8.13. The molecule has 0 bridgehead atoms. The predicted octanol–water partition coefficient (Wildman–Crippen LogP) is 3.79. The van der Waals surface area contributed by atoms with Crippen molar-refractivity contribution in [3.05, 3.63) is 66.4 Å². The summed E-state index contributed by atoms with van der Waals surface area (Å²) in [5, 5.41) is 4.66. The molecule has 0 saturated carbocycles. The van der Waals surface area contributed by atoms with Crippen LogP contribution >= 0.6 is 0 Å². The van der Waals surface area contributed by atoms with Crippen LogP contribution < -0.4 is 4.74 Å². The number of rotatable bonds is 6. The van der Waals surface area contributed by atoms with Gasteiger partial charge >= 0.3 is 0 Å². The smallest absolute Gasteiger partial charge is 0.241 e. The molecule has 1 heterocycles. The Balaban J connectivity index is 1.94. The highest BCUT2D eigenvalue weighted by atomic mass is 16.5. The lowest BCUT2D eigenvalue weighted by Gasteiger charge is -2.10. The number of ether oxygens (including phenoxy) is 1. The third kappa shape index (κ3) is 3.84. The van der Waals surface area contributed by atoms with Crippen LogP contribution in [-0.4, -0.2) is 41.9 Å². The normalized spacial score (nSPS) is 11.0. The summed E-state index contributed by atoms with van der Waals surface area (Å²) in [7, 11) is 4.07. The highest BCUT2D eigenvalue weighted by Crippen LogP contribution is 2.30. The average molecular weight is 321 g/mol. The van der Waals surface area contributed by atoms with Gasteiger partial charge in [-0.2, -0.15) is 0 Å². The van der Waals surface area contributed by atoms with Gasteiger partial charge in [0.15, 0.2) is 0 Å². The number of nitrogens with zero attached hydrogens (tertiary/aromatic N) is 3. The van der Waals surface area contributed by atoms with E-state index in [1.807, 2.05) is 43.2 Å². The number of aromatic nitrogens is 2. The molecule has 4 heteroatoms. The standard InChI is InChI=1S/C20H23N3O/c1-16-9-11-18(12-10-16)23-15-19(17-7-5-4-6-8-17)20(21-23)24-14-13-22(2)3/h4-12,15H,13-14H2,1-3H3. The van der Waals surface area contributed by atoms with Crippen molar-refractivity contribution in [2.75, 3.05) is 27.2 Å². The minimum Gasteiger partial charge on any atom is -0.475 e.